The fourth-order valence-corrected chi connectivity index (χ4v) is 2.42. The number of esters is 1. The number of rotatable bonds is 6. The minimum absolute atomic E-state index is 0.113. The molecule has 0 radical (unpaired) electrons. The number of oxazole rings is 1. The van der Waals surface area contributed by atoms with Crippen LogP contribution >= 0.6 is 11.6 Å². The molecule has 0 aliphatic rings. The SMILES string of the molecule is COC(=O)c1ccc(OCc2ncc(-c3ccc(Cl)cc3)o2)c(OC)c1. The number of methoxy groups -OCH3 is 2. The first-order valence-corrected chi connectivity index (χ1v) is 8.08. The molecule has 0 aliphatic carbocycles. The van der Waals surface area contributed by atoms with E-state index in [1.165, 1.54) is 14.2 Å². The Balaban J connectivity index is 1.71. The van der Waals surface area contributed by atoms with Crippen LogP contribution in [0.3, 0.4) is 0 Å². The predicted molar refractivity (Wildman–Crippen MR) is 95.6 cm³/mol. The number of nitrogens with zero attached hydrogens (tertiary/aromatic N) is 1. The van der Waals surface area contributed by atoms with Crippen molar-refractivity contribution in [3.8, 4) is 22.8 Å². The highest BCUT2D eigenvalue weighted by atomic mass is 35.5. The maximum atomic E-state index is 11.6. The summed E-state index contributed by atoms with van der Waals surface area (Å²) >= 11 is 5.88. The van der Waals surface area contributed by atoms with Crippen molar-refractivity contribution in [3.05, 3.63) is 65.1 Å². The van der Waals surface area contributed by atoms with Crippen molar-refractivity contribution in [2.75, 3.05) is 14.2 Å². The summed E-state index contributed by atoms with van der Waals surface area (Å²) in [6.45, 7) is 0.113. The Kier molecular flexibility index (Phi) is 5.43. The summed E-state index contributed by atoms with van der Waals surface area (Å²) in [4.78, 5) is 15.8. The van der Waals surface area contributed by atoms with Gasteiger partial charge in [0, 0.05) is 10.6 Å². The Bertz CT molecular complexity index is 905. The third-order valence-electron chi connectivity index (χ3n) is 3.62. The Hall–Kier alpha value is -2.99. The Labute approximate surface area is 155 Å². The van der Waals surface area contributed by atoms with E-state index in [1.807, 2.05) is 12.1 Å². The van der Waals surface area contributed by atoms with Crippen molar-refractivity contribution in [2.24, 2.45) is 0 Å². The topological polar surface area (TPSA) is 70.8 Å². The lowest BCUT2D eigenvalue weighted by molar-refractivity contribution is 0.0600. The van der Waals surface area contributed by atoms with E-state index in [4.69, 9.17) is 25.5 Å². The second kappa shape index (κ2) is 7.93. The molecule has 1 heterocycles. The van der Waals surface area contributed by atoms with Gasteiger partial charge in [0.15, 0.2) is 23.9 Å². The fourth-order valence-electron chi connectivity index (χ4n) is 2.30. The van der Waals surface area contributed by atoms with Crippen molar-refractivity contribution >= 4 is 17.6 Å². The van der Waals surface area contributed by atoms with Crippen LogP contribution in [0.4, 0.5) is 0 Å². The molecule has 3 rings (SSSR count). The molecule has 0 saturated heterocycles. The van der Waals surface area contributed by atoms with Crippen molar-refractivity contribution in [1.29, 1.82) is 0 Å². The van der Waals surface area contributed by atoms with Crippen LogP contribution in [0.1, 0.15) is 16.2 Å². The molecule has 0 saturated carbocycles. The van der Waals surface area contributed by atoms with Gasteiger partial charge in [-0.05, 0) is 42.5 Å². The van der Waals surface area contributed by atoms with Gasteiger partial charge in [0.2, 0.25) is 5.89 Å². The largest absolute Gasteiger partial charge is 0.493 e. The van der Waals surface area contributed by atoms with Crippen LogP contribution in [-0.2, 0) is 11.3 Å². The summed E-state index contributed by atoms with van der Waals surface area (Å²) in [5.74, 6) is 1.46. The van der Waals surface area contributed by atoms with Gasteiger partial charge in [-0.15, -0.1) is 0 Å². The van der Waals surface area contributed by atoms with Gasteiger partial charge in [0.25, 0.3) is 0 Å². The van der Waals surface area contributed by atoms with E-state index < -0.39 is 5.97 Å². The maximum absolute atomic E-state index is 11.6. The van der Waals surface area contributed by atoms with Crippen molar-refractivity contribution < 1.29 is 23.4 Å². The van der Waals surface area contributed by atoms with Gasteiger partial charge in [0.1, 0.15) is 0 Å². The molecule has 6 nitrogen and oxygen atoms in total. The third-order valence-corrected chi connectivity index (χ3v) is 3.87. The first kappa shape index (κ1) is 17.8. The Morgan fingerprint density at radius 2 is 1.88 bits per heavy atom. The summed E-state index contributed by atoms with van der Waals surface area (Å²) in [7, 11) is 2.81. The highest BCUT2D eigenvalue weighted by molar-refractivity contribution is 6.30. The number of ether oxygens (including phenoxy) is 3. The van der Waals surface area contributed by atoms with Gasteiger partial charge < -0.3 is 18.6 Å². The lowest BCUT2D eigenvalue weighted by Crippen LogP contribution is -2.03. The number of carbonyl (C=O) groups is 1. The molecule has 0 fully saturated rings. The zero-order valence-corrected chi connectivity index (χ0v) is 14.9. The summed E-state index contributed by atoms with van der Waals surface area (Å²) in [6.07, 6.45) is 1.62. The molecule has 7 heteroatoms. The zero-order valence-electron chi connectivity index (χ0n) is 14.2. The summed E-state index contributed by atoms with van der Waals surface area (Å²) < 4.78 is 21.3. The van der Waals surface area contributed by atoms with Crippen LogP contribution in [0, 0.1) is 0 Å². The van der Waals surface area contributed by atoms with Crippen LogP contribution in [0.5, 0.6) is 11.5 Å². The monoisotopic (exact) mass is 373 g/mol. The zero-order chi connectivity index (χ0) is 18.5. The Morgan fingerprint density at radius 3 is 2.58 bits per heavy atom. The molecule has 0 atom stereocenters. The van der Waals surface area contributed by atoms with Crippen LogP contribution in [0.15, 0.2) is 53.1 Å². The van der Waals surface area contributed by atoms with E-state index in [2.05, 4.69) is 9.72 Å². The highest BCUT2D eigenvalue weighted by Crippen LogP contribution is 2.29. The van der Waals surface area contributed by atoms with E-state index in [0.29, 0.717) is 33.7 Å². The second-order valence-corrected chi connectivity index (χ2v) is 5.71. The standard InChI is InChI=1S/C19H16ClNO5/c1-23-16-9-13(19(22)24-2)5-8-15(16)25-11-18-21-10-17(26-18)12-3-6-14(20)7-4-12/h3-10H,11H2,1-2H3. The quantitative estimate of drug-likeness (QED) is 0.597. The van der Waals surface area contributed by atoms with Crippen LogP contribution in [0.25, 0.3) is 11.3 Å². The molecular formula is C19H16ClNO5. The molecule has 134 valence electrons. The van der Waals surface area contributed by atoms with E-state index in [0.717, 1.165) is 5.56 Å². The fraction of sp³-hybridized carbons (Fsp3) is 0.158. The minimum atomic E-state index is -0.449. The van der Waals surface area contributed by atoms with Crippen molar-refractivity contribution in [2.45, 2.75) is 6.61 Å². The van der Waals surface area contributed by atoms with Gasteiger partial charge in [0.05, 0.1) is 26.0 Å². The molecule has 26 heavy (non-hydrogen) atoms. The average Bonchev–Trinajstić information content (AvgIpc) is 3.15. The first-order chi connectivity index (χ1) is 12.6. The van der Waals surface area contributed by atoms with E-state index in [-0.39, 0.29) is 6.61 Å². The Morgan fingerprint density at radius 1 is 1.12 bits per heavy atom. The smallest absolute Gasteiger partial charge is 0.337 e. The van der Waals surface area contributed by atoms with Gasteiger partial charge >= 0.3 is 5.97 Å². The molecule has 0 spiro atoms. The molecular weight excluding hydrogens is 358 g/mol. The molecule has 0 aliphatic heterocycles. The summed E-state index contributed by atoms with van der Waals surface area (Å²) in [6, 6.07) is 12.0. The van der Waals surface area contributed by atoms with Gasteiger partial charge in [-0.25, -0.2) is 9.78 Å². The normalized spacial score (nSPS) is 10.4. The summed E-state index contributed by atoms with van der Waals surface area (Å²) in [5.41, 5.74) is 1.24. The van der Waals surface area contributed by atoms with E-state index >= 15 is 0 Å². The molecule has 2 aromatic carbocycles. The summed E-state index contributed by atoms with van der Waals surface area (Å²) in [5, 5.41) is 0.652. The van der Waals surface area contributed by atoms with Crippen LogP contribution in [-0.4, -0.2) is 25.2 Å². The number of halogens is 1. The number of hydrogen-bond acceptors (Lipinski definition) is 6. The molecule has 3 aromatic rings. The van der Waals surface area contributed by atoms with E-state index in [1.54, 1.807) is 36.5 Å². The predicted octanol–water partition coefficient (Wildman–Crippen LogP) is 4.37. The lowest BCUT2D eigenvalue weighted by Gasteiger charge is -2.10. The van der Waals surface area contributed by atoms with Crippen LogP contribution in [0.2, 0.25) is 5.02 Å². The van der Waals surface area contributed by atoms with Gasteiger partial charge in [-0.2, -0.15) is 0 Å². The van der Waals surface area contributed by atoms with Crippen LogP contribution < -0.4 is 9.47 Å². The lowest BCUT2D eigenvalue weighted by atomic mass is 10.2. The first-order valence-electron chi connectivity index (χ1n) is 7.70. The van der Waals surface area contributed by atoms with Crippen molar-refractivity contribution in [3.63, 3.8) is 0 Å². The number of aromatic nitrogens is 1. The van der Waals surface area contributed by atoms with Gasteiger partial charge in [-0.1, -0.05) is 11.6 Å². The second-order valence-electron chi connectivity index (χ2n) is 5.27. The maximum Gasteiger partial charge on any atom is 0.337 e. The number of hydrogen-bond donors (Lipinski definition) is 0. The highest BCUT2D eigenvalue weighted by Gasteiger charge is 2.13. The number of benzene rings is 2. The molecule has 0 N–H and O–H groups in total. The van der Waals surface area contributed by atoms with E-state index in [9.17, 15) is 4.79 Å². The molecule has 0 unspecified atom stereocenters. The average molecular weight is 374 g/mol. The third kappa shape index (κ3) is 3.97. The molecule has 0 amide bonds. The van der Waals surface area contributed by atoms with Gasteiger partial charge in [-0.3, -0.25) is 0 Å². The molecule has 0 bridgehead atoms. The van der Waals surface area contributed by atoms with Crippen molar-refractivity contribution in [1.82, 2.24) is 4.98 Å². The molecule has 1 aromatic heterocycles. The number of carbonyl (C=O) groups excluding carboxylic acids is 1. The minimum Gasteiger partial charge on any atom is -0.493 e.